The topological polar surface area (TPSA) is 75.7 Å². The number of sulfonamides is 1. The fourth-order valence-corrected chi connectivity index (χ4v) is 3.67. The number of carbonyl (C=O) groups excluding carboxylic acids is 1. The summed E-state index contributed by atoms with van der Waals surface area (Å²) in [7, 11) is -3.62. The third-order valence-electron chi connectivity index (χ3n) is 4.53. The van der Waals surface area contributed by atoms with Crippen molar-refractivity contribution in [1.29, 1.82) is 0 Å². The fraction of sp³-hybridized carbons (Fsp3) is 0.381. The highest BCUT2D eigenvalue weighted by molar-refractivity contribution is 7.92. The maximum Gasteiger partial charge on any atom is 0.241 e. The molecule has 7 heteroatoms. The zero-order chi connectivity index (χ0) is 20.9. The lowest BCUT2D eigenvalue weighted by molar-refractivity contribution is -0.120. The Hall–Kier alpha value is -2.54. The number of benzene rings is 2. The van der Waals surface area contributed by atoms with Crippen LogP contribution in [0.15, 0.2) is 42.5 Å². The Morgan fingerprint density at radius 1 is 1.11 bits per heavy atom. The Balaban J connectivity index is 2.13. The molecule has 1 amide bonds. The second-order valence-corrected chi connectivity index (χ2v) is 8.74. The van der Waals surface area contributed by atoms with E-state index >= 15 is 0 Å². The van der Waals surface area contributed by atoms with Crippen molar-refractivity contribution in [3.05, 3.63) is 59.2 Å². The Bertz CT molecular complexity index is 924. The van der Waals surface area contributed by atoms with E-state index in [0.29, 0.717) is 18.0 Å². The molecular weight excluding hydrogens is 376 g/mol. The molecule has 0 fully saturated rings. The molecule has 0 aliphatic heterocycles. The number of nitrogens with one attached hydrogen (secondary N) is 1. The van der Waals surface area contributed by atoms with Gasteiger partial charge >= 0.3 is 0 Å². The molecule has 0 saturated heterocycles. The number of nitrogens with zero attached hydrogens (tertiary/aromatic N) is 1. The van der Waals surface area contributed by atoms with E-state index < -0.39 is 10.0 Å². The third kappa shape index (κ3) is 5.73. The number of hydrogen-bond acceptors (Lipinski definition) is 4. The summed E-state index contributed by atoms with van der Waals surface area (Å²) in [6, 6.07) is 12.4. The van der Waals surface area contributed by atoms with Crippen LogP contribution in [0.4, 0.5) is 5.69 Å². The highest BCUT2D eigenvalue weighted by Gasteiger charge is 2.22. The number of anilines is 1. The fourth-order valence-electron chi connectivity index (χ4n) is 2.81. The molecule has 0 aliphatic carbocycles. The summed E-state index contributed by atoms with van der Waals surface area (Å²) in [6.07, 6.45) is 1.09. The zero-order valence-corrected chi connectivity index (χ0v) is 17.8. The van der Waals surface area contributed by atoms with Gasteiger partial charge in [0.05, 0.1) is 24.6 Å². The summed E-state index contributed by atoms with van der Waals surface area (Å²) >= 11 is 0. The molecule has 0 aromatic heterocycles. The van der Waals surface area contributed by atoms with Gasteiger partial charge in [0.2, 0.25) is 15.9 Å². The molecule has 152 valence electrons. The standard InChI is InChI=1S/C21H28N2O4S/c1-6-27-20-11-9-19(10-12-20)23(28(5,25)26)14-21(24)22-17(4)18-8-7-15(2)16(3)13-18/h7-13,17H,6,14H2,1-5H3,(H,22,24)/t17-/m1/s1. The molecule has 2 aromatic rings. The van der Waals surface area contributed by atoms with Gasteiger partial charge in [-0.1, -0.05) is 18.2 Å². The summed E-state index contributed by atoms with van der Waals surface area (Å²) in [5.41, 5.74) is 3.72. The van der Waals surface area contributed by atoms with E-state index in [1.165, 1.54) is 5.56 Å². The summed E-state index contributed by atoms with van der Waals surface area (Å²) in [4.78, 5) is 12.5. The molecule has 0 bridgehead atoms. The number of carbonyl (C=O) groups is 1. The molecule has 0 spiro atoms. The van der Waals surface area contributed by atoms with Gasteiger partial charge in [-0.2, -0.15) is 0 Å². The first-order chi connectivity index (χ1) is 13.1. The minimum Gasteiger partial charge on any atom is -0.494 e. The molecule has 0 unspecified atom stereocenters. The van der Waals surface area contributed by atoms with Crippen LogP contribution in [-0.4, -0.2) is 33.7 Å². The van der Waals surface area contributed by atoms with Crippen molar-refractivity contribution in [3.63, 3.8) is 0 Å². The van der Waals surface area contributed by atoms with Crippen molar-refractivity contribution in [2.45, 2.75) is 33.7 Å². The van der Waals surface area contributed by atoms with Crippen LogP contribution in [0, 0.1) is 13.8 Å². The predicted molar refractivity (Wildman–Crippen MR) is 112 cm³/mol. The number of aryl methyl sites for hydroxylation is 2. The summed E-state index contributed by atoms with van der Waals surface area (Å²) in [5, 5.41) is 2.88. The third-order valence-corrected chi connectivity index (χ3v) is 5.67. The van der Waals surface area contributed by atoms with Gasteiger partial charge in [0.15, 0.2) is 0 Å². The Morgan fingerprint density at radius 3 is 2.29 bits per heavy atom. The zero-order valence-electron chi connectivity index (χ0n) is 17.0. The van der Waals surface area contributed by atoms with Crippen LogP contribution in [-0.2, 0) is 14.8 Å². The lowest BCUT2D eigenvalue weighted by Gasteiger charge is -2.23. The Morgan fingerprint density at radius 2 is 1.75 bits per heavy atom. The van der Waals surface area contributed by atoms with E-state index in [1.807, 2.05) is 45.9 Å². The first-order valence-corrected chi connectivity index (χ1v) is 11.0. The van der Waals surface area contributed by atoms with Gasteiger partial charge in [0, 0.05) is 0 Å². The first kappa shape index (κ1) is 21.8. The van der Waals surface area contributed by atoms with Crippen LogP contribution >= 0.6 is 0 Å². The number of hydrogen-bond donors (Lipinski definition) is 1. The van der Waals surface area contributed by atoms with Crippen molar-refractivity contribution >= 4 is 21.6 Å². The molecule has 6 nitrogen and oxygen atoms in total. The summed E-state index contributed by atoms with van der Waals surface area (Å²) < 4.78 is 30.9. The van der Waals surface area contributed by atoms with Crippen molar-refractivity contribution in [3.8, 4) is 5.75 Å². The molecule has 0 saturated carbocycles. The first-order valence-electron chi connectivity index (χ1n) is 9.19. The van der Waals surface area contributed by atoms with Gasteiger partial charge in [-0.15, -0.1) is 0 Å². The minimum atomic E-state index is -3.62. The van der Waals surface area contributed by atoms with Crippen molar-refractivity contribution in [2.24, 2.45) is 0 Å². The molecule has 1 N–H and O–H groups in total. The van der Waals surface area contributed by atoms with Gasteiger partial charge in [-0.25, -0.2) is 8.42 Å². The van der Waals surface area contributed by atoms with Crippen LogP contribution in [0.1, 0.15) is 36.6 Å². The molecule has 0 heterocycles. The second-order valence-electron chi connectivity index (χ2n) is 6.83. The van der Waals surface area contributed by atoms with E-state index in [4.69, 9.17) is 4.74 Å². The number of amides is 1. The molecule has 0 radical (unpaired) electrons. The Kier molecular flexibility index (Phi) is 7.07. The number of rotatable bonds is 8. The Labute approximate surface area is 167 Å². The average Bonchev–Trinajstić information content (AvgIpc) is 2.62. The smallest absolute Gasteiger partial charge is 0.241 e. The quantitative estimate of drug-likeness (QED) is 0.732. The van der Waals surface area contributed by atoms with Crippen LogP contribution in [0.3, 0.4) is 0 Å². The largest absolute Gasteiger partial charge is 0.494 e. The second kappa shape index (κ2) is 9.10. The van der Waals surface area contributed by atoms with Gasteiger partial charge in [-0.05, 0) is 68.7 Å². The lowest BCUT2D eigenvalue weighted by atomic mass is 10.0. The average molecular weight is 405 g/mol. The minimum absolute atomic E-state index is 0.228. The van der Waals surface area contributed by atoms with Crippen LogP contribution in [0.5, 0.6) is 5.75 Å². The summed E-state index contributed by atoms with van der Waals surface area (Å²) in [6.45, 7) is 8.03. The summed E-state index contributed by atoms with van der Waals surface area (Å²) in [5.74, 6) is 0.276. The van der Waals surface area contributed by atoms with Crippen molar-refractivity contribution in [1.82, 2.24) is 5.32 Å². The van der Waals surface area contributed by atoms with Gasteiger partial charge in [0.1, 0.15) is 12.3 Å². The van der Waals surface area contributed by atoms with Crippen molar-refractivity contribution < 1.29 is 17.9 Å². The monoisotopic (exact) mass is 404 g/mol. The predicted octanol–water partition coefficient (Wildman–Crippen LogP) is 3.35. The molecular formula is C21H28N2O4S. The number of ether oxygens (including phenoxy) is 1. The van der Waals surface area contributed by atoms with Crippen LogP contribution < -0.4 is 14.4 Å². The van der Waals surface area contributed by atoms with Crippen LogP contribution in [0.2, 0.25) is 0 Å². The molecule has 2 aromatic carbocycles. The normalized spacial score (nSPS) is 12.3. The van der Waals surface area contributed by atoms with E-state index in [0.717, 1.165) is 21.7 Å². The molecule has 28 heavy (non-hydrogen) atoms. The van der Waals surface area contributed by atoms with E-state index in [-0.39, 0.29) is 18.5 Å². The van der Waals surface area contributed by atoms with E-state index in [1.54, 1.807) is 24.3 Å². The van der Waals surface area contributed by atoms with Gasteiger partial charge < -0.3 is 10.1 Å². The van der Waals surface area contributed by atoms with Crippen molar-refractivity contribution in [2.75, 3.05) is 23.7 Å². The maximum atomic E-state index is 12.5. The lowest BCUT2D eigenvalue weighted by Crippen LogP contribution is -2.41. The highest BCUT2D eigenvalue weighted by Crippen LogP contribution is 2.22. The maximum absolute atomic E-state index is 12.5. The highest BCUT2D eigenvalue weighted by atomic mass is 32.2. The van der Waals surface area contributed by atoms with Gasteiger partial charge in [-0.3, -0.25) is 9.10 Å². The van der Waals surface area contributed by atoms with E-state index in [9.17, 15) is 13.2 Å². The molecule has 1 atom stereocenters. The molecule has 0 aliphatic rings. The van der Waals surface area contributed by atoms with Gasteiger partial charge in [0.25, 0.3) is 0 Å². The SMILES string of the molecule is CCOc1ccc(N(CC(=O)N[C@H](C)c2ccc(C)c(C)c2)S(C)(=O)=O)cc1. The van der Waals surface area contributed by atoms with E-state index in [2.05, 4.69) is 5.32 Å². The molecule has 2 rings (SSSR count). The van der Waals surface area contributed by atoms with Crippen LogP contribution in [0.25, 0.3) is 0 Å².